The Labute approximate surface area is 185 Å². The molecule has 1 aliphatic rings. The molecular weight excluding hydrogens is 382 g/mol. The first-order chi connectivity index (χ1) is 15.2. The van der Waals surface area contributed by atoms with Crippen molar-refractivity contribution >= 4 is 5.91 Å². The van der Waals surface area contributed by atoms with Gasteiger partial charge in [0.25, 0.3) is 5.91 Å². The molecule has 1 fully saturated rings. The second-order valence-electron chi connectivity index (χ2n) is 8.34. The largest absolute Gasteiger partial charge is 0.350 e. The third-order valence-electron chi connectivity index (χ3n) is 6.31. The van der Waals surface area contributed by atoms with Crippen LogP contribution in [0, 0.1) is 5.92 Å². The summed E-state index contributed by atoms with van der Waals surface area (Å²) >= 11 is 0. The van der Waals surface area contributed by atoms with Gasteiger partial charge in [-0.25, -0.2) is 0 Å². The predicted octanol–water partition coefficient (Wildman–Crippen LogP) is 4.25. The lowest BCUT2D eigenvalue weighted by atomic mass is 9.87. The van der Waals surface area contributed by atoms with Crippen LogP contribution in [0.25, 0.3) is 0 Å². The van der Waals surface area contributed by atoms with E-state index in [1.165, 1.54) is 11.1 Å². The van der Waals surface area contributed by atoms with Gasteiger partial charge < -0.3 is 11.1 Å². The molecule has 0 bridgehead atoms. The van der Waals surface area contributed by atoms with Gasteiger partial charge >= 0.3 is 0 Å². The van der Waals surface area contributed by atoms with Gasteiger partial charge in [-0.3, -0.25) is 9.69 Å². The van der Waals surface area contributed by atoms with Gasteiger partial charge in [-0.2, -0.15) is 0 Å². The topological polar surface area (TPSA) is 58.4 Å². The number of amides is 1. The zero-order valence-corrected chi connectivity index (χ0v) is 17.9. The molecule has 1 saturated heterocycles. The van der Waals surface area contributed by atoms with Crippen LogP contribution >= 0.6 is 0 Å². The molecule has 1 unspecified atom stereocenters. The van der Waals surface area contributed by atoms with Crippen molar-refractivity contribution in [1.29, 1.82) is 0 Å². The molecule has 4 nitrogen and oxygen atoms in total. The molecule has 3 aromatic carbocycles. The van der Waals surface area contributed by atoms with Crippen LogP contribution in [0.15, 0.2) is 91.0 Å². The van der Waals surface area contributed by atoms with E-state index in [9.17, 15) is 4.79 Å². The zero-order valence-electron chi connectivity index (χ0n) is 17.9. The Kier molecular flexibility index (Phi) is 7.13. The summed E-state index contributed by atoms with van der Waals surface area (Å²) in [7, 11) is 0. The van der Waals surface area contributed by atoms with E-state index < -0.39 is 0 Å². The highest BCUT2D eigenvalue weighted by molar-refractivity contribution is 5.94. The van der Waals surface area contributed by atoms with Gasteiger partial charge in [0, 0.05) is 18.2 Å². The molecule has 1 atom stereocenters. The minimum Gasteiger partial charge on any atom is -0.350 e. The standard InChI is InChI=1S/C27H31N3O/c28-25(20-29-27(31)24-14-8-3-9-15-24)21-16-18-30(19-17-21)26(22-10-4-1-5-11-22)23-12-6-2-7-13-23/h1-15,21,25-26H,16-20,28H2,(H,29,31). The molecule has 0 radical (unpaired) electrons. The molecule has 1 amide bonds. The number of carbonyl (C=O) groups excluding carboxylic acids is 1. The number of rotatable bonds is 7. The number of benzene rings is 3. The van der Waals surface area contributed by atoms with Crippen LogP contribution in [0.4, 0.5) is 0 Å². The van der Waals surface area contributed by atoms with E-state index in [4.69, 9.17) is 5.73 Å². The van der Waals surface area contributed by atoms with E-state index in [-0.39, 0.29) is 18.0 Å². The summed E-state index contributed by atoms with van der Waals surface area (Å²) in [5.41, 5.74) is 9.82. The summed E-state index contributed by atoms with van der Waals surface area (Å²) in [6.45, 7) is 2.51. The van der Waals surface area contributed by atoms with Crippen molar-refractivity contribution in [3.8, 4) is 0 Å². The Morgan fingerprint density at radius 2 is 1.32 bits per heavy atom. The van der Waals surface area contributed by atoms with E-state index in [0.717, 1.165) is 25.9 Å². The number of nitrogens with zero attached hydrogens (tertiary/aromatic N) is 1. The van der Waals surface area contributed by atoms with Crippen LogP contribution in [0.5, 0.6) is 0 Å². The molecule has 0 aromatic heterocycles. The van der Waals surface area contributed by atoms with Gasteiger partial charge in [-0.1, -0.05) is 78.9 Å². The molecule has 3 N–H and O–H groups in total. The average molecular weight is 414 g/mol. The van der Waals surface area contributed by atoms with Crippen molar-refractivity contribution in [2.24, 2.45) is 11.7 Å². The average Bonchev–Trinajstić information content (AvgIpc) is 2.85. The van der Waals surface area contributed by atoms with E-state index in [2.05, 4.69) is 70.9 Å². The Hall–Kier alpha value is -2.95. The lowest BCUT2D eigenvalue weighted by molar-refractivity contribution is 0.0939. The van der Waals surface area contributed by atoms with Crippen LogP contribution in [0.2, 0.25) is 0 Å². The first-order valence-corrected chi connectivity index (χ1v) is 11.1. The van der Waals surface area contributed by atoms with E-state index >= 15 is 0 Å². The maximum atomic E-state index is 12.3. The van der Waals surface area contributed by atoms with E-state index in [0.29, 0.717) is 18.0 Å². The highest BCUT2D eigenvalue weighted by atomic mass is 16.1. The van der Waals surface area contributed by atoms with Crippen LogP contribution < -0.4 is 11.1 Å². The summed E-state index contributed by atoms with van der Waals surface area (Å²) < 4.78 is 0. The number of hydrogen-bond donors (Lipinski definition) is 2. The summed E-state index contributed by atoms with van der Waals surface area (Å²) in [6.07, 6.45) is 2.08. The highest BCUT2D eigenvalue weighted by Gasteiger charge is 2.29. The summed E-state index contributed by atoms with van der Waals surface area (Å²) in [4.78, 5) is 14.9. The minimum absolute atomic E-state index is 0.0262. The van der Waals surface area contributed by atoms with Crippen LogP contribution in [-0.2, 0) is 0 Å². The molecule has 0 spiro atoms. The van der Waals surface area contributed by atoms with Gasteiger partial charge in [-0.05, 0) is 55.1 Å². The fourth-order valence-corrected chi connectivity index (χ4v) is 4.56. The molecule has 0 aliphatic carbocycles. The summed E-state index contributed by atoms with van der Waals surface area (Å²) in [6, 6.07) is 31.0. The second-order valence-corrected chi connectivity index (χ2v) is 8.34. The quantitative estimate of drug-likeness (QED) is 0.609. The maximum Gasteiger partial charge on any atom is 0.251 e. The van der Waals surface area contributed by atoms with Crippen molar-refractivity contribution in [2.45, 2.75) is 24.9 Å². The lowest BCUT2D eigenvalue weighted by Gasteiger charge is -2.39. The first kappa shape index (κ1) is 21.3. The van der Waals surface area contributed by atoms with Crippen LogP contribution in [0.1, 0.15) is 40.4 Å². The SMILES string of the molecule is NC(CNC(=O)c1ccccc1)C1CCN(C(c2ccccc2)c2ccccc2)CC1. The zero-order chi connectivity index (χ0) is 21.5. The molecule has 31 heavy (non-hydrogen) atoms. The molecule has 1 heterocycles. The summed E-state index contributed by atoms with van der Waals surface area (Å²) in [5, 5.41) is 3.00. The number of nitrogens with one attached hydrogen (secondary N) is 1. The number of hydrogen-bond acceptors (Lipinski definition) is 3. The molecule has 1 aliphatic heterocycles. The molecule has 0 saturated carbocycles. The smallest absolute Gasteiger partial charge is 0.251 e. The van der Waals surface area contributed by atoms with Gasteiger partial charge in [0.15, 0.2) is 0 Å². The third kappa shape index (κ3) is 5.40. The maximum absolute atomic E-state index is 12.3. The molecule has 3 aromatic rings. The number of carbonyl (C=O) groups is 1. The highest BCUT2D eigenvalue weighted by Crippen LogP contribution is 2.32. The van der Waals surface area contributed by atoms with Gasteiger partial charge in [0.05, 0.1) is 6.04 Å². The summed E-state index contributed by atoms with van der Waals surface area (Å²) in [5.74, 6) is 0.362. The van der Waals surface area contributed by atoms with E-state index in [1.807, 2.05) is 30.3 Å². The monoisotopic (exact) mass is 413 g/mol. The Morgan fingerprint density at radius 3 is 1.84 bits per heavy atom. The van der Waals surface area contributed by atoms with Crippen molar-refractivity contribution in [3.63, 3.8) is 0 Å². The first-order valence-electron chi connectivity index (χ1n) is 11.1. The predicted molar refractivity (Wildman–Crippen MR) is 126 cm³/mol. The van der Waals surface area contributed by atoms with Crippen LogP contribution in [-0.4, -0.2) is 36.5 Å². The third-order valence-corrected chi connectivity index (χ3v) is 6.31. The number of piperidine rings is 1. The number of likely N-dealkylation sites (tertiary alicyclic amines) is 1. The van der Waals surface area contributed by atoms with Crippen molar-refractivity contribution in [2.75, 3.05) is 19.6 Å². The molecule has 4 rings (SSSR count). The normalized spacial score (nSPS) is 16.2. The fourth-order valence-electron chi connectivity index (χ4n) is 4.56. The van der Waals surface area contributed by atoms with E-state index in [1.54, 1.807) is 0 Å². The van der Waals surface area contributed by atoms with Gasteiger partial charge in [-0.15, -0.1) is 0 Å². The van der Waals surface area contributed by atoms with Gasteiger partial charge in [0.2, 0.25) is 0 Å². The fraction of sp³-hybridized carbons (Fsp3) is 0.296. The molecule has 160 valence electrons. The molecular formula is C27H31N3O. The number of nitrogens with two attached hydrogens (primary N) is 1. The molecule has 4 heteroatoms. The van der Waals surface area contributed by atoms with Crippen molar-refractivity contribution in [3.05, 3.63) is 108 Å². The van der Waals surface area contributed by atoms with Gasteiger partial charge in [0.1, 0.15) is 0 Å². The Bertz CT molecular complexity index is 898. The van der Waals surface area contributed by atoms with Crippen molar-refractivity contribution < 1.29 is 4.79 Å². The minimum atomic E-state index is -0.0540. The second kappa shape index (κ2) is 10.4. The lowest BCUT2D eigenvalue weighted by Crippen LogP contribution is -2.47. The Morgan fingerprint density at radius 1 is 0.839 bits per heavy atom. The van der Waals surface area contributed by atoms with Crippen LogP contribution in [0.3, 0.4) is 0 Å². The van der Waals surface area contributed by atoms with Crippen molar-refractivity contribution in [1.82, 2.24) is 10.2 Å². The Balaban J connectivity index is 1.36.